The van der Waals surface area contributed by atoms with Crippen molar-refractivity contribution in [1.82, 2.24) is 11.1 Å². The first kappa shape index (κ1) is 18.9. The van der Waals surface area contributed by atoms with E-state index in [4.69, 9.17) is 5.73 Å². The van der Waals surface area contributed by atoms with Crippen LogP contribution in [0.1, 0.15) is 18.4 Å². The Balaban J connectivity index is 0.00000242. The second-order valence-electron chi connectivity index (χ2n) is 5.57. The van der Waals surface area contributed by atoms with Crippen LogP contribution < -0.4 is 11.9 Å². The molecule has 0 radical (unpaired) electrons. The number of likely N-dealkylation sites (tertiary alicyclic amines) is 1. The molecule has 0 spiro atoms. The van der Waals surface area contributed by atoms with Crippen molar-refractivity contribution in [3.8, 4) is 0 Å². The molecule has 2 rings (SSSR count). The van der Waals surface area contributed by atoms with Crippen LogP contribution in [0, 0.1) is 11.7 Å². The Morgan fingerprint density at radius 1 is 1.14 bits per heavy atom. The Bertz CT molecular complexity index is 439. The van der Waals surface area contributed by atoms with E-state index in [1.54, 1.807) is 12.1 Å². The van der Waals surface area contributed by atoms with E-state index < -0.39 is 12.1 Å². The van der Waals surface area contributed by atoms with E-state index >= 15 is 0 Å². The molecule has 1 aliphatic heterocycles. The number of nitrogens with two attached hydrogens (primary N) is 1. The number of hydrogen-bond acceptors (Lipinski definition) is 3. The highest BCUT2D eigenvalue weighted by molar-refractivity contribution is 5.17. The van der Waals surface area contributed by atoms with Crippen LogP contribution in [0.2, 0.25) is 0 Å². The minimum Gasteiger partial charge on any atom is -0.344 e. The summed E-state index contributed by atoms with van der Waals surface area (Å²) in [7, 11) is 0. The molecular formula is C15H23F4N3. The molecule has 1 unspecified atom stereocenters. The highest BCUT2D eigenvalue weighted by Crippen LogP contribution is 2.34. The van der Waals surface area contributed by atoms with Crippen molar-refractivity contribution in [1.29, 1.82) is 0 Å². The number of halogens is 4. The zero-order valence-corrected chi connectivity index (χ0v) is 12.5. The molecule has 1 heterocycles. The minimum absolute atomic E-state index is 0. The Kier molecular flexibility index (Phi) is 6.77. The SMILES string of the molecule is N.NCC(Cc1ccc(F)cc1)N1CCC(C(F)(F)F)CC1. The van der Waals surface area contributed by atoms with Crippen LogP contribution in [0.4, 0.5) is 17.6 Å². The van der Waals surface area contributed by atoms with Crippen LogP contribution in [0.25, 0.3) is 0 Å². The quantitative estimate of drug-likeness (QED) is 0.838. The van der Waals surface area contributed by atoms with Gasteiger partial charge >= 0.3 is 6.18 Å². The van der Waals surface area contributed by atoms with Gasteiger partial charge in [0.25, 0.3) is 0 Å². The van der Waals surface area contributed by atoms with Gasteiger partial charge < -0.3 is 11.9 Å². The summed E-state index contributed by atoms with van der Waals surface area (Å²) in [6.07, 6.45) is -3.21. The van der Waals surface area contributed by atoms with Crippen LogP contribution in [0.15, 0.2) is 24.3 Å². The van der Waals surface area contributed by atoms with Gasteiger partial charge in [-0.1, -0.05) is 12.1 Å². The van der Waals surface area contributed by atoms with Gasteiger partial charge in [-0.2, -0.15) is 13.2 Å². The summed E-state index contributed by atoms with van der Waals surface area (Å²) < 4.78 is 50.8. The van der Waals surface area contributed by atoms with Gasteiger partial charge in [0, 0.05) is 12.6 Å². The van der Waals surface area contributed by atoms with Gasteiger partial charge in [-0.05, 0) is 50.0 Å². The molecule has 0 amide bonds. The molecule has 0 aliphatic carbocycles. The fourth-order valence-corrected chi connectivity index (χ4v) is 2.85. The second kappa shape index (κ2) is 7.89. The molecular weight excluding hydrogens is 298 g/mol. The summed E-state index contributed by atoms with van der Waals surface area (Å²) in [5.74, 6) is -1.49. The van der Waals surface area contributed by atoms with E-state index in [0.29, 0.717) is 26.1 Å². The molecule has 5 N–H and O–H groups in total. The van der Waals surface area contributed by atoms with Crippen LogP contribution in [-0.4, -0.2) is 36.8 Å². The molecule has 1 aromatic carbocycles. The first-order chi connectivity index (χ1) is 9.90. The Morgan fingerprint density at radius 2 is 1.68 bits per heavy atom. The van der Waals surface area contributed by atoms with Gasteiger partial charge in [0.05, 0.1) is 5.92 Å². The van der Waals surface area contributed by atoms with Crippen molar-refractivity contribution in [3.05, 3.63) is 35.6 Å². The maximum Gasteiger partial charge on any atom is 0.391 e. The highest BCUT2D eigenvalue weighted by Gasteiger charge is 2.41. The number of hydrogen-bond donors (Lipinski definition) is 2. The lowest BCUT2D eigenvalue weighted by atomic mass is 9.94. The topological polar surface area (TPSA) is 64.3 Å². The monoisotopic (exact) mass is 321 g/mol. The summed E-state index contributed by atoms with van der Waals surface area (Å²) in [6, 6.07) is 6.17. The normalized spacial score (nSPS) is 18.8. The van der Waals surface area contributed by atoms with Crippen molar-refractivity contribution in [3.63, 3.8) is 0 Å². The summed E-state index contributed by atoms with van der Waals surface area (Å²) in [5, 5.41) is 0. The minimum atomic E-state index is -4.10. The third kappa shape index (κ3) is 4.93. The van der Waals surface area contributed by atoms with Crippen LogP contribution >= 0.6 is 0 Å². The van der Waals surface area contributed by atoms with E-state index in [2.05, 4.69) is 0 Å². The molecule has 1 saturated heterocycles. The molecule has 7 heteroatoms. The summed E-state index contributed by atoms with van der Waals surface area (Å²) in [4.78, 5) is 2.02. The van der Waals surface area contributed by atoms with Gasteiger partial charge in [0.2, 0.25) is 0 Å². The molecule has 1 aliphatic rings. The number of alkyl halides is 3. The second-order valence-corrected chi connectivity index (χ2v) is 5.57. The Labute approximate surface area is 128 Å². The molecule has 0 bridgehead atoms. The van der Waals surface area contributed by atoms with Crippen LogP contribution in [0.5, 0.6) is 0 Å². The van der Waals surface area contributed by atoms with Crippen molar-refractivity contribution >= 4 is 0 Å². The number of piperidine rings is 1. The first-order valence-corrected chi connectivity index (χ1v) is 7.15. The third-order valence-electron chi connectivity index (χ3n) is 4.17. The smallest absolute Gasteiger partial charge is 0.344 e. The maximum absolute atomic E-state index is 12.9. The Morgan fingerprint density at radius 3 is 2.14 bits per heavy atom. The molecule has 0 saturated carbocycles. The molecule has 1 aromatic rings. The molecule has 3 nitrogen and oxygen atoms in total. The fourth-order valence-electron chi connectivity index (χ4n) is 2.85. The van der Waals surface area contributed by atoms with Crippen molar-refractivity contribution in [2.75, 3.05) is 19.6 Å². The number of rotatable bonds is 4. The summed E-state index contributed by atoms with van der Waals surface area (Å²) >= 11 is 0. The predicted octanol–water partition coefficient (Wildman–Crippen LogP) is 3.13. The standard InChI is InChI=1S/C15H20F4N2.H3N/c16-13-3-1-11(2-4-13)9-14(10-20)21-7-5-12(6-8-21)15(17,18)19;/h1-4,12,14H,5-10,20H2;1H3. The van der Waals surface area contributed by atoms with Gasteiger partial charge in [-0.15, -0.1) is 0 Å². The fraction of sp³-hybridized carbons (Fsp3) is 0.600. The van der Waals surface area contributed by atoms with E-state index in [-0.39, 0.29) is 30.9 Å². The van der Waals surface area contributed by atoms with Gasteiger partial charge in [0.1, 0.15) is 5.82 Å². The predicted molar refractivity (Wildman–Crippen MR) is 78.3 cm³/mol. The van der Waals surface area contributed by atoms with E-state index in [1.165, 1.54) is 12.1 Å². The van der Waals surface area contributed by atoms with Crippen molar-refractivity contribution in [2.24, 2.45) is 11.7 Å². The van der Waals surface area contributed by atoms with Gasteiger partial charge in [-0.3, -0.25) is 4.90 Å². The lowest BCUT2D eigenvalue weighted by Crippen LogP contribution is -2.48. The molecule has 126 valence electrons. The zero-order valence-electron chi connectivity index (χ0n) is 12.5. The van der Waals surface area contributed by atoms with E-state index in [9.17, 15) is 17.6 Å². The molecule has 0 aromatic heterocycles. The van der Waals surface area contributed by atoms with Gasteiger partial charge in [-0.25, -0.2) is 4.39 Å². The van der Waals surface area contributed by atoms with Crippen LogP contribution in [0.3, 0.4) is 0 Å². The third-order valence-corrected chi connectivity index (χ3v) is 4.17. The summed E-state index contributed by atoms with van der Waals surface area (Å²) in [5.41, 5.74) is 6.71. The highest BCUT2D eigenvalue weighted by atomic mass is 19.4. The lowest BCUT2D eigenvalue weighted by molar-refractivity contribution is -0.186. The van der Waals surface area contributed by atoms with E-state index in [1.807, 2.05) is 4.90 Å². The van der Waals surface area contributed by atoms with Crippen molar-refractivity contribution < 1.29 is 17.6 Å². The molecule has 22 heavy (non-hydrogen) atoms. The largest absolute Gasteiger partial charge is 0.391 e. The molecule has 1 atom stereocenters. The zero-order chi connectivity index (χ0) is 15.5. The maximum atomic E-state index is 12.9. The Hall–Kier alpha value is -1.18. The number of benzene rings is 1. The number of nitrogens with zero attached hydrogens (tertiary/aromatic N) is 1. The van der Waals surface area contributed by atoms with Crippen LogP contribution in [-0.2, 0) is 6.42 Å². The average molecular weight is 321 g/mol. The lowest BCUT2D eigenvalue weighted by Gasteiger charge is -2.37. The van der Waals surface area contributed by atoms with Gasteiger partial charge in [0.15, 0.2) is 0 Å². The van der Waals surface area contributed by atoms with E-state index in [0.717, 1.165) is 5.56 Å². The average Bonchev–Trinajstić information content (AvgIpc) is 2.46. The summed E-state index contributed by atoms with van der Waals surface area (Å²) in [6.45, 7) is 1.20. The first-order valence-electron chi connectivity index (χ1n) is 7.15. The molecule has 1 fully saturated rings. The van der Waals surface area contributed by atoms with Crippen molar-refractivity contribution in [2.45, 2.75) is 31.5 Å².